The number of nitro groups is 1. The molecule has 3 aromatic rings. The number of thioether (sulfide) groups is 1. The molecular formula is C20H19N5O5S. The number of nitro benzene ring substituents is 1. The Kier molecular flexibility index (Phi) is 6.98. The summed E-state index contributed by atoms with van der Waals surface area (Å²) in [6, 6.07) is 12.4. The Labute approximate surface area is 181 Å². The molecule has 1 heterocycles. The fourth-order valence-electron chi connectivity index (χ4n) is 2.66. The number of non-ortho nitro benzene ring substituents is 1. The summed E-state index contributed by atoms with van der Waals surface area (Å²) in [5.74, 6) is 0.602. The zero-order chi connectivity index (χ0) is 22.4. The van der Waals surface area contributed by atoms with Crippen LogP contribution in [0, 0.1) is 10.1 Å². The zero-order valence-corrected chi connectivity index (χ0v) is 17.6. The van der Waals surface area contributed by atoms with Crippen LogP contribution in [-0.4, -0.2) is 44.2 Å². The minimum Gasteiger partial charge on any atom is -0.497 e. The Morgan fingerprint density at radius 2 is 1.90 bits per heavy atom. The van der Waals surface area contributed by atoms with Gasteiger partial charge in [0.25, 0.3) is 11.6 Å². The minimum absolute atomic E-state index is 0.0450. The molecule has 0 saturated heterocycles. The summed E-state index contributed by atoms with van der Waals surface area (Å²) in [7, 11) is 3.26. The Morgan fingerprint density at radius 1 is 1.16 bits per heavy atom. The van der Waals surface area contributed by atoms with Gasteiger partial charge < -0.3 is 14.6 Å². The average Bonchev–Trinajstić information content (AvgIpc) is 3.15. The van der Waals surface area contributed by atoms with Crippen LogP contribution in [-0.2, 0) is 13.6 Å². The smallest absolute Gasteiger partial charge is 0.270 e. The molecule has 0 atom stereocenters. The van der Waals surface area contributed by atoms with Gasteiger partial charge >= 0.3 is 0 Å². The molecule has 11 heteroatoms. The van der Waals surface area contributed by atoms with Gasteiger partial charge in [-0.2, -0.15) is 0 Å². The lowest BCUT2D eigenvalue weighted by Crippen LogP contribution is -2.24. The molecule has 1 amide bonds. The average molecular weight is 441 g/mol. The zero-order valence-electron chi connectivity index (χ0n) is 16.8. The maximum absolute atomic E-state index is 12.4. The first-order chi connectivity index (χ1) is 14.9. The molecule has 0 fully saturated rings. The maximum atomic E-state index is 12.4. The van der Waals surface area contributed by atoms with Gasteiger partial charge in [-0.25, -0.2) is 0 Å². The quantitative estimate of drug-likeness (QED) is 0.232. The molecule has 0 aliphatic carbocycles. The Balaban J connectivity index is 1.58. The van der Waals surface area contributed by atoms with Crippen molar-refractivity contribution < 1.29 is 19.2 Å². The Hall–Kier alpha value is -3.73. The predicted octanol–water partition coefficient (Wildman–Crippen LogP) is 2.64. The number of nitrogens with zero attached hydrogens (tertiary/aromatic N) is 4. The highest BCUT2D eigenvalue weighted by atomic mass is 32.2. The number of carbonyl (C=O) groups excluding carboxylic acids is 2. The van der Waals surface area contributed by atoms with Crippen molar-refractivity contribution in [3.05, 3.63) is 75.6 Å². The normalized spacial score (nSPS) is 10.5. The first-order valence-electron chi connectivity index (χ1n) is 9.10. The van der Waals surface area contributed by atoms with E-state index in [1.165, 1.54) is 31.4 Å². The van der Waals surface area contributed by atoms with Crippen LogP contribution < -0.4 is 10.1 Å². The van der Waals surface area contributed by atoms with Crippen molar-refractivity contribution in [2.45, 2.75) is 11.7 Å². The predicted molar refractivity (Wildman–Crippen MR) is 113 cm³/mol. The van der Waals surface area contributed by atoms with E-state index >= 15 is 0 Å². The van der Waals surface area contributed by atoms with E-state index in [-0.39, 0.29) is 35.2 Å². The van der Waals surface area contributed by atoms with E-state index in [9.17, 15) is 19.7 Å². The van der Waals surface area contributed by atoms with E-state index in [1.807, 2.05) is 0 Å². The summed E-state index contributed by atoms with van der Waals surface area (Å²) in [6.45, 7) is 0.152. The number of benzene rings is 2. The molecule has 160 valence electrons. The van der Waals surface area contributed by atoms with Gasteiger partial charge in [0, 0.05) is 30.3 Å². The maximum Gasteiger partial charge on any atom is 0.270 e. The summed E-state index contributed by atoms with van der Waals surface area (Å²) in [6.07, 6.45) is 0. The van der Waals surface area contributed by atoms with Crippen molar-refractivity contribution in [3.63, 3.8) is 0 Å². The second-order valence-corrected chi connectivity index (χ2v) is 7.33. The molecule has 0 saturated carbocycles. The monoisotopic (exact) mass is 441 g/mol. The lowest BCUT2D eigenvalue weighted by Gasteiger charge is -2.07. The van der Waals surface area contributed by atoms with Gasteiger partial charge in [0.15, 0.2) is 16.8 Å². The number of carbonyl (C=O) groups is 2. The van der Waals surface area contributed by atoms with Crippen molar-refractivity contribution in [2.75, 3.05) is 12.9 Å². The van der Waals surface area contributed by atoms with Gasteiger partial charge in [-0.3, -0.25) is 19.7 Å². The standard InChI is InChI=1S/C20H19N5O5S/c1-24-18(11-21-19(27)14-6-4-8-16(10-14)30-2)22-23-20(24)31-12-17(26)13-5-3-7-15(9-13)25(28)29/h3-10H,11-12H2,1-2H3,(H,21,27). The number of hydrogen-bond donors (Lipinski definition) is 1. The molecule has 1 aromatic heterocycles. The van der Waals surface area contributed by atoms with Crippen molar-refractivity contribution in [2.24, 2.45) is 7.05 Å². The van der Waals surface area contributed by atoms with Crippen molar-refractivity contribution in [1.29, 1.82) is 0 Å². The van der Waals surface area contributed by atoms with Crippen LogP contribution in [0.2, 0.25) is 0 Å². The lowest BCUT2D eigenvalue weighted by molar-refractivity contribution is -0.384. The number of Topliss-reactive ketones (excluding diaryl/α,β-unsaturated/α-hetero) is 1. The highest BCUT2D eigenvalue weighted by Crippen LogP contribution is 2.20. The second-order valence-electron chi connectivity index (χ2n) is 6.39. The van der Waals surface area contributed by atoms with E-state index in [1.54, 1.807) is 35.9 Å². The summed E-state index contributed by atoms with van der Waals surface area (Å²) in [5.41, 5.74) is 0.580. The molecule has 2 aromatic carbocycles. The van der Waals surface area contributed by atoms with E-state index in [2.05, 4.69) is 15.5 Å². The van der Waals surface area contributed by atoms with Crippen molar-refractivity contribution in [3.8, 4) is 5.75 Å². The molecule has 0 aliphatic rings. The second kappa shape index (κ2) is 9.85. The minimum atomic E-state index is -0.543. The highest BCUT2D eigenvalue weighted by molar-refractivity contribution is 7.99. The van der Waals surface area contributed by atoms with E-state index < -0.39 is 4.92 Å². The van der Waals surface area contributed by atoms with Gasteiger partial charge in [-0.1, -0.05) is 30.0 Å². The number of nitrogens with one attached hydrogen (secondary N) is 1. The van der Waals surface area contributed by atoms with Crippen molar-refractivity contribution >= 4 is 29.1 Å². The van der Waals surface area contributed by atoms with Crippen LogP contribution >= 0.6 is 11.8 Å². The largest absolute Gasteiger partial charge is 0.497 e. The summed E-state index contributed by atoms with van der Waals surface area (Å²) < 4.78 is 6.79. The van der Waals surface area contributed by atoms with E-state index in [4.69, 9.17) is 4.74 Å². The number of ketones is 1. The summed E-state index contributed by atoms with van der Waals surface area (Å²) >= 11 is 1.16. The third-order valence-corrected chi connectivity index (χ3v) is 5.40. The number of hydrogen-bond acceptors (Lipinski definition) is 8. The van der Waals surface area contributed by atoms with Crippen molar-refractivity contribution in [1.82, 2.24) is 20.1 Å². The van der Waals surface area contributed by atoms with Gasteiger partial charge in [0.1, 0.15) is 5.75 Å². The van der Waals surface area contributed by atoms with Crippen LogP contribution in [0.4, 0.5) is 5.69 Å². The molecule has 1 N–H and O–H groups in total. The van der Waals surface area contributed by atoms with Crippen LogP contribution in [0.15, 0.2) is 53.7 Å². The van der Waals surface area contributed by atoms with Crippen LogP contribution in [0.3, 0.4) is 0 Å². The molecule has 0 spiro atoms. The molecule has 0 radical (unpaired) electrons. The SMILES string of the molecule is COc1cccc(C(=O)NCc2nnc(SCC(=O)c3cccc([N+](=O)[O-])c3)n2C)c1. The summed E-state index contributed by atoms with van der Waals surface area (Å²) in [4.78, 5) is 35.0. The summed E-state index contributed by atoms with van der Waals surface area (Å²) in [5, 5.41) is 22.2. The van der Waals surface area contributed by atoms with Gasteiger partial charge in [-0.15, -0.1) is 10.2 Å². The number of methoxy groups -OCH3 is 1. The fourth-order valence-corrected chi connectivity index (χ4v) is 3.48. The van der Waals surface area contributed by atoms with Crippen LogP contribution in [0.25, 0.3) is 0 Å². The topological polar surface area (TPSA) is 129 Å². The fraction of sp³-hybridized carbons (Fsp3) is 0.200. The molecule has 31 heavy (non-hydrogen) atoms. The Morgan fingerprint density at radius 3 is 2.65 bits per heavy atom. The first-order valence-corrected chi connectivity index (χ1v) is 10.1. The number of ether oxygens (including phenoxy) is 1. The number of aromatic nitrogens is 3. The Bertz CT molecular complexity index is 1130. The third kappa shape index (κ3) is 5.45. The van der Waals surface area contributed by atoms with Crippen LogP contribution in [0.1, 0.15) is 26.5 Å². The molecule has 10 nitrogen and oxygen atoms in total. The number of rotatable bonds is 9. The molecule has 3 rings (SSSR count). The number of amides is 1. The van der Waals surface area contributed by atoms with Crippen LogP contribution in [0.5, 0.6) is 5.75 Å². The van der Waals surface area contributed by atoms with Gasteiger partial charge in [0.05, 0.1) is 24.3 Å². The van der Waals surface area contributed by atoms with Gasteiger partial charge in [0.2, 0.25) is 0 Å². The lowest BCUT2D eigenvalue weighted by atomic mass is 10.1. The van der Waals surface area contributed by atoms with E-state index in [0.717, 1.165) is 11.8 Å². The molecule has 0 bridgehead atoms. The molecular weight excluding hydrogens is 422 g/mol. The molecule has 0 unspecified atom stereocenters. The highest BCUT2D eigenvalue weighted by Gasteiger charge is 2.16. The third-order valence-electron chi connectivity index (χ3n) is 4.38. The molecule has 0 aliphatic heterocycles. The van der Waals surface area contributed by atoms with Gasteiger partial charge in [-0.05, 0) is 18.2 Å². The van der Waals surface area contributed by atoms with E-state index in [0.29, 0.717) is 22.3 Å². The first kappa shape index (κ1) is 22.0.